The average molecular weight is 1370 g/mol. The summed E-state index contributed by atoms with van der Waals surface area (Å²) in [5, 5.41) is 16.8. The molecule has 0 bridgehead atoms. The second-order valence-electron chi connectivity index (χ2n) is 17.4. The third kappa shape index (κ3) is 19.2. The summed E-state index contributed by atoms with van der Waals surface area (Å²) < 4.78 is 0. The van der Waals surface area contributed by atoms with Gasteiger partial charge in [-0.3, -0.25) is 0 Å². The predicted molar refractivity (Wildman–Crippen MR) is 382 cm³/mol. The molecule has 0 saturated heterocycles. The SMILES string of the molecule is Br.Br.Br.Br.c1ccc(P(c2ccccc2)c2ccccc2)cc1.c1ccc(P(c2ccccc2)c2ccccc2)cc1.c1ccc(P(c2ccccc2)c2ccccc2)cc1.c1ccc(P(c2ccccc2)c2ccccc2)cc1. The molecule has 0 radical (unpaired) electrons. The number of hydrogen-bond donors (Lipinski definition) is 0. The number of benzene rings is 12. The first-order valence-corrected chi connectivity index (χ1v) is 31.0. The van der Waals surface area contributed by atoms with E-state index in [1.165, 1.54) is 63.7 Å². The van der Waals surface area contributed by atoms with Gasteiger partial charge in [-0.05, 0) is 95.3 Å². The van der Waals surface area contributed by atoms with Crippen molar-refractivity contribution in [2.45, 2.75) is 0 Å². The topological polar surface area (TPSA) is 0 Å². The summed E-state index contributed by atoms with van der Waals surface area (Å²) >= 11 is 0. The monoisotopic (exact) mass is 1370 g/mol. The van der Waals surface area contributed by atoms with Crippen LogP contribution in [0.3, 0.4) is 0 Å². The molecule has 0 aromatic heterocycles. The standard InChI is InChI=1S/4C18H15P.4BrH/c4*1-4-10-16(11-5-1)19(17-12-6-2-7-13-17)18-14-8-3-9-15-18;;;;/h4*1-15H;4*1H. The highest BCUT2D eigenvalue weighted by Crippen LogP contribution is 2.35. The largest absolute Gasteiger partial charge is 0.114 e. The van der Waals surface area contributed by atoms with Crippen LogP contribution in [-0.2, 0) is 0 Å². The van der Waals surface area contributed by atoms with Crippen LogP contribution in [0.1, 0.15) is 0 Å². The van der Waals surface area contributed by atoms with Gasteiger partial charge in [-0.15, -0.1) is 67.9 Å². The minimum atomic E-state index is -0.446. The summed E-state index contributed by atoms with van der Waals surface area (Å²) in [5.74, 6) is 0. The minimum Gasteiger partial charge on any atom is -0.114 e. The van der Waals surface area contributed by atoms with E-state index in [-0.39, 0.29) is 67.9 Å². The van der Waals surface area contributed by atoms with Crippen LogP contribution in [0.15, 0.2) is 364 Å². The molecule has 80 heavy (non-hydrogen) atoms. The fourth-order valence-electron chi connectivity index (χ4n) is 8.71. The number of hydrogen-bond acceptors (Lipinski definition) is 0. The van der Waals surface area contributed by atoms with Crippen molar-refractivity contribution in [2.24, 2.45) is 0 Å². The van der Waals surface area contributed by atoms with Gasteiger partial charge in [0.25, 0.3) is 0 Å². The van der Waals surface area contributed by atoms with Gasteiger partial charge in [0.15, 0.2) is 0 Å². The smallest absolute Gasteiger partial charge is 0.0134 e. The minimum absolute atomic E-state index is 0. The van der Waals surface area contributed by atoms with Crippen molar-refractivity contribution in [2.75, 3.05) is 0 Å². The molecule has 0 fully saturated rings. The lowest BCUT2D eigenvalue weighted by Crippen LogP contribution is -2.20. The Bertz CT molecular complexity index is 2590. The van der Waals surface area contributed by atoms with Crippen molar-refractivity contribution in [1.29, 1.82) is 0 Å². The molecule has 12 rings (SSSR count). The molecule has 0 atom stereocenters. The van der Waals surface area contributed by atoms with Gasteiger partial charge in [-0.25, -0.2) is 0 Å². The average Bonchev–Trinajstić information content (AvgIpc) is 3.52. The second-order valence-corrected chi connectivity index (χ2v) is 26.2. The highest BCUT2D eigenvalue weighted by Gasteiger charge is 2.18. The van der Waals surface area contributed by atoms with E-state index in [4.69, 9.17) is 0 Å². The van der Waals surface area contributed by atoms with Gasteiger partial charge in [0.05, 0.1) is 0 Å². The first kappa shape index (κ1) is 65.1. The maximum absolute atomic E-state index is 2.23. The second kappa shape index (κ2) is 36.6. The van der Waals surface area contributed by atoms with Crippen molar-refractivity contribution >= 4 is 163 Å². The Morgan fingerprint density at radius 1 is 0.100 bits per heavy atom. The Kier molecular flexibility index (Phi) is 29.8. The zero-order chi connectivity index (χ0) is 51.7. The molecular formula is C72H64Br4P4. The van der Waals surface area contributed by atoms with Gasteiger partial charge < -0.3 is 0 Å². The molecule has 8 heteroatoms. The number of halogens is 4. The summed E-state index contributed by atoms with van der Waals surface area (Å²) in [6, 6.07) is 129. The summed E-state index contributed by atoms with van der Waals surface area (Å²) in [7, 11) is -1.78. The molecule has 0 heterocycles. The molecule has 0 unspecified atom stereocenters. The molecule has 12 aromatic carbocycles. The fraction of sp³-hybridized carbons (Fsp3) is 0. The molecule has 0 nitrogen and oxygen atoms in total. The zero-order valence-corrected chi connectivity index (χ0v) is 54.5. The van der Waals surface area contributed by atoms with Crippen LogP contribution < -0.4 is 63.7 Å². The van der Waals surface area contributed by atoms with E-state index in [2.05, 4.69) is 364 Å². The van der Waals surface area contributed by atoms with Gasteiger partial charge in [0.2, 0.25) is 0 Å². The Hall–Kier alpha value is -5.72. The normalized spacial score (nSPS) is 10.1. The van der Waals surface area contributed by atoms with E-state index in [0.29, 0.717) is 0 Å². The third-order valence-corrected chi connectivity index (χ3v) is 21.9. The molecule has 400 valence electrons. The molecular weight excluding hydrogens is 1310 g/mol. The first-order valence-electron chi connectivity index (χ1n) is 25.6. The lowest BCUT2D eigenvalue weighted by atomic mass is 10.4. The van der Waals surface area contributed by atoms with Gasteiger partial charge in [0.1, 0.15) is 0 Å². The van der Waals surface area contributed by atoms with Crippen LogP contribution in [0, 0.1) is 0 Å². The molecule has 0 aliphatic rings. The fourth-order valence-corrected chi connectivity index (χ4v) is 17.9. The van der Waals surface area contributed by atoms with E-state index >= 15 is 0 Å². The molecule has 0 aliphatic heterocycles. The van der Waals surface area contributed by atoms with Crippen molar-refractivity contribution in [1.82, 2.24) is 0 Å². The maximum Gasteiger partial charge on any atom is -0.0134 e. The molecule has 0 aliphatic carbocycles. The quantitative estimate of drug-likeness (QED) is 0.107. The number of rotatable bonds is 12. The highest BCUT2D eigenvalue weighted by molar-refractivity contribution is 8.93. The molecule has 0 N–H and O–H groups in total. The van der Waals surface area contributed by atoms with Crippen molar-refractivity contribution < 1.29 is 0 Å². The first-order chi connectivity index (χ1) is 37.8. The van der Waals surface area contributed by atoms with Crippen LogP contribution in [0.25, 0.3) is 0 Å². The molecule has 0 saturated carbocycles. The van der Waals surface area contributed by atoms with E-state index in [0.717, 1.165) is 0 Å². The lowest BCUT2D eigenvalue weighted by molar-refractivity contribution is 1.74. The maximum atomic E-state index is 2.23. The van der Waals surface area contributed by atoms with Crippen molar-refractivity contribution in [3.8, 4) is 0 Å². The van der Waals surface area contributed by atoms with E-state index in [1.807, 2.05) is 0 Å². The van der Waals surface area contributed by atoms with E-state index in [9.17, 15) is 0 Å². The summed E-state index contributed by atoms with van der Waals surface area (Å²) in [6.07, 6.45) is 0. The zero-order valence-electron chi connectivity index (χ0n) is 44.1. The Balaban J connectivity index is 0.000000193. The third-order valence-electron chi connectivity index (χ3n) is 12.2. The van der Waals surface area contributed by atoms with Crippen LogP contribution in [0.5, 0.6) is 0 Å². The van der Waals surface area contributed by atoms with Crippen molar-refractivity contribution in [3.63, 3.8) is 0 Å². The van der Waals surface area contributed by atoms with Crippen LogP contribution in [-0.4, -0.2) is 0 Å². The van der Waals surface area contributed by atoms with Gasteiger partial charge in [-0.1, -0.05) is 364 Å². The summed E-state index contributed by atoms with van der Waals surface area (Å²) in [5.41, 5.74) is 0. The van der Waals surface area contributed by atoms with Crippen LogP contribution in [0.4, 0.5) is 0 Å². The molecule has 0 amide bonds. The van der Waals surface area contributed by atoms with Crippen molar-refractivity contribution in [3.05, 3.63) is 364 Å². The van der Waals surface area contributed by atoms with E-state index in [1.54, 1.807) is 0 Å². The van der Waals surface area contributed by atoms with Gasteiger partial charge >= 0.3 is 0 Å². The highest BCUT2D eigenvalue weighted by atomic mass is 79.9. The van der Waals surface area contributed by atoms with Gasteiger partial charge in [-0.2, -0.15) is 0 Å². The van der Waals surface area contributed by atoms with E-state index < -0.39 is 31.7 Å². The summed E-state index contributed by atoms with van der Waals surface area (Å²) in [4.78, 5) is 0. The molecule has 12 aromatic rings. The Morgan fingerprint density at radius 3 is 0.225 bits per heavy atom. The Morgan fingerprint density at radius 2 is 0.163 bits per heavy atom. The predicted octanol–water partition coefficient (Wildman–Crippen LogP) is 16.1. The Labute approximate surface area is 522 Å². The lowest BCUT2D eigenvalue weighted by Gasteiger charge is -2.18. The summed E-state index contributed by atoms with van der Waals surface area (Å²) in [6.45, 7) is 0. The van der Waals surface area contributed by atoms with Crippen LogP contribution in [0.2, 0.25) is 0 Å². The van der Waals surface area contributed by atoms with Crippen LogP contribution >= 0.6 is 99.6 Å². The van der Waals surface area contributed by atoms with Gasteiger partial charge in [0, 0.05) is 0 Å². The molecule has 0 spiro atoms.